The minimum absolute atomic E-state index is 0.283. The number of rotatable bonds is 1. The van der Waals surface area contributed by atoms with Crippen LogP contribution in [0.3, 0.4) is 0 Å². The highest BCUT2D eigenvalue weighted by Crippen LogP contribution is 2.32. The smallest absolute Gasteiger partial charge is 0.296 e. The highest BCUT2D eigenvalue weighted by molar-refractivity contribution is 6.35. The average molecular weight is 273 g/mol. The molecule has 0 saturated carbocycles. The van der Waals surface area contributed by atoms with Gasteiger partial charge in [0.25, 0.3) is 11.9 Å². The van der Waals surface area contributed by atoms with Crippen molar-refractivity contribution in [2.75, 3.05) is 14.1 Å². The second-order valence-corrected chi connectivity index (χ2v) is 4.63. The molecule has 1 aliphatic rings. The molecule has 1 aromatic carbocycles. The number of amidine groups is 1. The largest absolute Gasteiger partial charge is 0.446 e. The molecule has 1 heterocycles. The van der Waals surface area contributed by atoms with E-state index in [-0.39, 0.29) is 11.9 Å². The summed E-state index contributed by atoms with van der Waals surface area (Å²) in [6, 6.07) is 5.18. The zero-order valence-corrected chi connectivity index (χ0v) is 10.8. The molecule has 1 aliphatic heterocycles. The first-order valence-electron chi connectivity index (χ1n) is 4.90. The number of nitrogens with zero attached hydrogens (tertiary/aromatic N) is 2. The molecule has 6 heteroatoms. The van der Waals surface area contributed by atoms with E-state index >= 15 is 0 Å². The van der Waals surface area contributed by atoms with Crippen molar-refractivity contribution in [3.8, 4) is 0 Å². The quantitative estimate of drug-likeness (QED) is 0.789. The van der Waals surface area contributed by atoms with Gasteiger partial charge in [-0.05, 0) is 12.1 Å². The van der Waals surface area contributed by atoms with Crippen molar-refractivity contribution in [1.82, 2.24) is 4.90 Å². The van der Waals surface area contributed by atoms with Crippen molar-refractivity contribution in [2.24, 2.45) is 4.99 Å². The number of ether oxygens (including phenoxy) is 1. The van der Waals surface area contributed by atoms with E-state index in [4.69, 9.17) is 27.9 Å². The summed E-state index contributed by atoms with van der Waals surface area (Å²) in [6.45, 7) is 0. The van der Waals surface area contributed by atoms with E-state index in [0.717, 1.165) is 0 Å². The fourth-order valence-corrected chi connectivity index (χ4v) is 1.96. The van der Waals surface area contributed by atoms with Gasteiger partial charge in [0.15, 0.2) is 0 Å². The maximum absolute atomic E-state index is 11.7. The summed E-state index contributed by atoms with van der Waals surface area (Å²) in [5.74, 6) is -0.363. The number of halogens is 2. The fraction of sp³-hybridized carbons (Fsp3) is 0.273. The van der Waals surface area contributed by atoms with Gasteiger partial charge in [-0.3, -0.25) is 4.79 Å². The maximum atomic E-state index is 11.7. The molecule has 2 rings (SSSR count). The van der Waals surface area contributed by atoms with Gasteiger partial charge in [0.05, 0.1) is 0 Å². The minimum Gasteiger partial charge on any atom is -0.446 e. The standard InChI is InChI=1S/C11H10Cl2N2O2/c1-15(2)11-14-10(16)9(17-11)7-4-3-6(12)5-8(7)13/h3-5,9H,1-2H3. The van der Waals surface area contributed by atoms with Crippen LogP contribution in [0.15, 0.2) is 23.2 Å². The van der Waals surface area contributed by atoms with Gasteiger partial charge >= 0.3 is 0 Å². The number of aliphatic imine (C=N–C) groups is 1. The predicted octanol–water partition coefficient (Wildman–Crippen LogP) is 2.51. The van der Waals surface area contributed by atoms with E-state index in [9.17, 15) is 4.79 Å². The van der Waals surface area contributed by atoms with Crippen LogP contribution in [-0.4, -0.2) is 30.9 Å². The Balaban J connectivity index is 2.29. The number of hydrogen-bond acceptors (Lipinski definition) is 3. The Kier molecular flexibility index (Phi) is 3.26. The molecule has 0 fully saturated rings. The molecule has 0 aromatic heterocycles. The molecule has 0 radical (unpaired) electrons. The molecule has 1 aromatic rings. The number of amides is 1. The first kappa shape index (κ1) is 12.2. The fourth-order valence-electron chi connectivity index (χ4n) is 1.45. The summed E-state index contributed by atoms with van der Waals surface area (Å²) >= 11 is 11.8. The Morgan fingerprint density at radius 2 is 2.06 bits per heavy atom. The minimum atomic E-state index is -0.780. The lowest BCUT2D eigenvalue weighted by atomic mass is 10.1. The molecule has 1 unspecified atom stereocenters. The SMILES string of the molecule is CN(C)C1=NC(=O)C(c2ccc(Cl)cc2Cl)O1. The van der Waals surface area contributed by atoms with Gasteiger partial charge in [0.1, 0.15) is 0 Å². The monoisotopic (exact) mass is 272 g/mol. The molecule has 17 heavy (non-hydrogen) atoms. The number of benzene rings is 1. The third-order valence-corrected chi connectivity index (χ3v) is 2.84. The van der Waals surface area contributed by atoms with Crippen molar-refractivity contribution in [3.05, 3.63) is 33.8 Å². The normalized spacial score (nSPS) is 18.9. The lowest BCUT2D eigenvalue weighted by molar-refractivity contribution is -0.122. The average Bonchev–Trinajstić information content (AvgIpc) is 2.61. The summed E-state index contributed by atoms with van der Waals surface area (Å²) in [6.07, 6.45) is -0.780. The summed E-state index contributed by atoms with van der Waals surface area (Å²) < 4.78 is 5.44. The second-order valence-electron chi connectivity index (χ2n) is 3.79. The predicted molar refractivity (Wildman–Crippen MR) is 66.4 cm³/mol. The van der Waals surface area contributed by atoms with Crippen molar-refractivity contribution in [2.45, 2.75) is 6.10 Å². The Morgan fingerprint density at radius 3 is 2.59 bits per heavy atom. The van der Waals surface area contributed by atoms with E-state index < -0.39 is 6.10 Å². The molecule has 0 saturated heterocycles. The zero-order valence-electron chi connectivity index (χ0n) is 9.28. The third-order valence-electron chi connectivity index (χ3n) is 2.28. The Bertz CT molecular complexity index is 500. The van der Waals surface area contributed by atoms with Crippen LogP contribution in [0.4, 0.5) is 0 Å². The molecule has 0 spiro atoms. The molecule has 1 atom stereocenters. The summed E-state index contributed by atoms with van der Waals surface area (Å²) in [5.41, 5.74) is 0.571. The van der Waals surface area contributed by atoms with E-state index in [2.05, 4.69) is 4.99 Å². The Hall–Kier alpha value is -1.26. The number of carbonyl (C=O) groups is 1. The lowest BCUT2D eigenvalue weighted by Gasteiger charge is -2.15. The molecule has 0 aliphatic carbocycles. The number of carbonyl (C=O) groups excluding carboxylic acids is 1. The van der Waals surface area contributed by atoms with Gasteiger partial charge in [-0.25, -0.2) is 0 Å². The van der Waals surface area contributed by atoms with Crippen LogP contribution in [-0.2, 0) is 9.53 Å². The van der Waals surface area contributed by atoms with Crippen LogP contribution >= 0.6 is 23.2 Å². The van der Waals surface area contributed by atoms with E-state index in [1.165, 1.54) is 0 Å². The van der Waals surface area contributed by atoms with Crippen LogP contribution < -0.4 is 0 Å². The lowest BCUT2D eigenvalue weighted by Crippen LogP contribution is -2.22. The van der Waals surface area contributed by atoms with Crippen LogP contribution in [0, 0.1) is 0 Å². The molecule has 1 amide bonds. The highest BCUT2D eigenvalue weighted by Gasteiger charge is 2.33. The highest BCUT2D eigenvalue weighted by atomic mass is 35.5. The van der Waals surface area contributed by atoms with Gasteiger partial charge in [-0.1, -0.05) is 29.3 Å². The molecular weight excluding hydrogens is 263 g/mol. The van der Waals surface area contributed by atoms with E-state index in [1.54, 1.807) is 37.2 Å². The first-order valence-corrected chi connectivity index (χ1v) is 5.66. The topological polar surface area (TPSA) is 41.9 Å². The molecular formula is C11H10Cl2N2O2. The number of hydrogen-bond donors (Lipinski definition) is 0. The molecule has 0 N–H and O–H groups in total. The molecule has 90 valence electrons. The van der Waals surface area contributed by atoms with E-state index in [1.807, 2.05) is 0 Å². The first-order chi connectivity index (χ1) is 7.99. The Labute approximate surface area is 109 Å². The maximum Gasteiger partial charge on any atom is 0.296 e. The molecule has 0 bridgehead atoms. The Morgan fingerprint density at radius 1 is 1.35 bits per heavy atom. The van der Waals surface area contributed by atoms with Gasteiger partial charge in [-0.15, -0.1) is 0 Å². The van der Waals surface area contributed by atoms with Gasteiger partial charge in [-0.2, -0.15) is 4.99 Å². The summed E-state index contributed by atoms with van der Waals surface area (Å²) in [5, 5.41) is 0.906. The van der Waals surface area contributed by atoms with Crippen LogP contribution in [0.2, 0.25) is 10.0 Å². The van der Waals surface area contributed by atoms with Crippen LogP contribution in [0.25, 0.3) is 0 Å². The van der Waals surface area contributed by atoms with Crippen LogP contribution in [0.5, 0.6) is 0 Å². The van der Waals surface area contributed by atoms with Gasteiger partial charge in [0.2, 0.25) is 6.10 Å². The third kappa shape index (κ3) is 2.37. The van der Waals surface area contributed by atoms with Crippen molar-refractivity contribution >= 4 is 35.1 Å². The van der Waals surface area contributed by atoms with Crippen molar-refractivity contribution in [1.29, 1.82) is 0 Å². The van der Waals surface area contributed by atoms with E-state index in [0.29, 0.717) is 15.6 Å². The molecule has 4 nitrogen and oxygen atoms in total. The van der Waals surface area contributed by atoms with Crippen LogP contribution in [0.1, 0.15) is 11.7 Å². The van der Waals surface area contributed by atoms with Gasteiger partial charge < -0.3 is 9.64 Å². The second kappa shape index (κ2) is 4.55. The summed E-state index contributed by atoms with van der Waals surface area (Å²) in [4.78, 5) is 17.1. The van der Waals surface area contributed by atoms with Crippen molar-refractivity contribution in [3.63, 3.8) is 0 Å². The van der Waals surface area contributed by atoms with Gasteiger partial charge in [0, 0.05) is 29.7 Å². The zero-order chi connectivity index (χ0) is 12.6. The summed E-state index contributed by atoms with van der Waals surface area (Å²) in [7, 11) is 3.50. The van der Waals surface area contributed by atoms with Crippen molar-refractivity contribution < 1.29 is 9.53 Å².